The highest BCUT2D eigenvalue weighted by molar-refractivity contribution is 6.39. The van der Waals surface area contributed by atoms with Crippen molar-refractivity contribution in [2.24, 2.45) is 5.92 Å². The summed E-state index contributed by atoms with van der Waals surface area (Å²) in [7, 11) is 0. The monoisotopic (exact) mass is 342 g/mol. The fourth-order valence-corrected chi connectivity index (χ4v) is 2.98. The molecular formula is C18H22N4O3. The first-order valence-electron chi connectivity index (χ1n) is 8.43. The molecule has 7 heteroatoms. The Morgan fingerprint density at radius 2 is 2.04 bits per heavy atom. The van der Waals surface area contributed by atoms with Gasteiger partial charge in [0, 0.05) is 37.8 Å². The van der Waals surface area contributed by atoms with E-state index in [2.05, 4.69) is 10.4 Å². The quantitative estimate of drug-likeness (QED) is 0.815. The Morgan fingerprint density at radius 1 is 1.24 bits per heavy atom. The summed E-state index contributed by atoms with van der Waals surface area (Å²) >= 11 is 0. The fourth-order valence-electron chi connectivity index (χ4n) is 2.98. The largest absolute Gasteiger partial charge is 0.396 e. The smallest absolute Gasteiger partial charge is 0.313 e. The number of piperidine rings is 1. The highest BCUT2D eigenvalue weighted by atomic mass is 16.3. The van der Waals surface area contributed by atoms with Crippen LogP contribution in [0.4, 0.5) is 5.69 Å². The van der Waals surface area contributed by atoms with E-state index in [0.29, 0.717) is 25.3 Å². The summed E-state index contributed by atoms with van der Waals surface area (Å²) in [6.07, 6.45) is 5.04. The van der Waals surface area contributed by atoms with E-state index in [-0.39, 0.29) is 12.5 Å². The van der Waals surface area contributed by atoms with E-state index in [0.717, 1.165) is 18.4 Å². The minimum Gasteiger partial charge on any atom is -0.396 e. The molecule has 2 N–H and O–H groups in total. The van der Waals surface area contributed by atoms with Crippen LogP contribution in [0.3, 0.4) is 0 Å². The third-order valence-corrected chi connectivity index (χ3v) is 4.44. The predicted molar refractivity (Wildman–Crippen MR) is 92.8 cm³/mol. The van der Waals surface area contributed by atoms with E-state index in [4.69, 9.17) is 5.11 Å². The van der Waals surface area contributed by atoms with Gasteiger partial charge in [-0.3, -0.25) is 14.3 Å². The number of nitrogens with one attached hydrogen (secondary N) is 1. The first-order chi connectivity index (χ1) is 12.2. The number of amides is 2. The van der Waals surface area contributed by atoms with Gasteiger partial charge >= 0.3 is 11.8 Å². The Kier molecular flexibility index (Phi) is 5.45. The number of hydrogen-bond donors (Lipinski definition) is 2. The number of carbonyl (C=O) groups is 2. The molecule has 3 rings (SSSR count). The second-order valence-corrected chi connectivity index (χ2v) is 6.28. The number of hydrogen-bond acceptors (Lipinski definition) is 4. The van der Waals surface area contributed by atoms with E-state index >= 15 is 0 Å². The van der Waals surface area contributed by atoms with Gasteiger partial charge in [0.05, 0.1) is 6.54 Å². The Morgan fingerprint density at radius 3 is 2.72 bits per heavy atom. The van der Waals surface area contributed by atoms with Gasteiger partial charge in [0.2, 0.25) is 0 Å². The van der Waals surface area contributed by atoms with Crippen molar-refractivity contribution in [2.75, 3.05) is 25.0 Å². The number of aliphatic hydroxyl groups is 1. The Hall–Kier alpha value is -2.67. The molecule has 1 aromatic heterocycles. The summed E-state index contributed by atoms with van der Waals surface area (Å²) in [5.74, 6) is -0.918. The molecule has 0 unspecified atom stereocenters. The van der Waals surface area contributed by atoms with Crippen molar-refractivity contribution in [3.63, 3.8) is 0 Å². The van der Waals surface area contributed by atoms with Crippen molar-refractivity contribution in [2.45, 2.75) is 19.4 Å². The van der Waals surface area contributed by atoms with Crippen LogP contribution < -0.4 is 5.32 Å². The van der Waals surface area contributed by atoms with E-state index in [1.54, 1.807) is 21.8 Å². The molecule has 0 atom stereocenters. The molecule has 132 valence electrons. The van der Waals surface area contributed by atoms with Crippen molar-refractivity contribution in [3.05, 3.63) is 48.3 Å². The van der Waals surface area contributed by atoms with Gasteiger partial charge in [0.25, 0.3) is 0 Å². The van der Waals surface area contributed by atoms with Crippen molar-refractivity contribution >= 4 is 17.5 Å². The molecular weight excluding hydrogens is 320 g/mol. The van der Waals surface area contributed by atoms with E-state index in [1.807, 2.05) is 30.5 Å². The summed E-state index contributed by atoms with van der Waals surface area (Å²) in [5.41, 5.74) is 1.57. The number of anilines is 1. The number of carbonyl (C=O) groups excluding carboxylic acids is 2. The number of rotatable bonds is 4. The number of benzene rings is 1. The second kappa shape index (κ2) is 7.94. The molecule has 0 radical (unpaired) electrons. The van der Waals surface area contributed by atoms with Gasteiger partial charge in [0.15, 0.2) is 0 Å². The summed E-state index contributed by atoms with van der Waals surface area (Å²) in [5, 5.41) is 16.0. The Bertz CT molecular complexity index is 722. The molecule has 1 aliphatic heterocycles. The molecule has 1 aliphatic rings. The van der Waals surface area contributed by atoms with Crippen molar-refractivity contribution in [1.29, 1.82) is 0 Å². The number of likely N-dealkylation sites (tertiary alicyclic amines) is 1. The van der Waals surface area contributed by atoms with Gasteiger partial charge in [-0.05, 0) is 42.5 Å². The molecule has 1 saturated heterocycles. The minimum atomic E-state index is -0.626. The topological polar surface area (TPSA) is 87.5 Å². The maximum Gasteiger partial charge on any atom is 0.313 e. The first-order valence-corrected chi connectivity index (χ1v) is 8.43. The highest BCUT2D eigenvalue weighted by Gasteiger charge is 2.26. The minimum absolute atomic E-state index is 0.136. The fraction of sp³-hybridized carbons (Fsp3) is 0.389. The molecule has 7 nitrogen and oxygen atoms in total. The Labute approximate surface area is 146 Å². The predicted octanol–water partition coefficient (Wildman–Crippen LogP) is 1.10. The number of aliphatic hydroxyl groups excluding tert-OH is 1. The lowest BCUT2D eigenvalue weighted by molar-refractivity contribution is -0.144. The third kappa shape index (κ3) is 4.45. The van der Waals surface area contributed by atoms with E-state index < -0.39 is 11.8 Å². The van der Waals surface area contributed by atoms with Crippen molar-refractivity contribution in [3.8, 4) is 0 Å². The van der Waals surface area contributed by atoms with Gasteiger partial charge in [-0.25, -0.2) is 0 Å². The zero-order valence-corrected chi connectivity index (χ0v) is 14.0. The van der Waals surface area contributed by atoms with Crippen LogP contribution >= 0.6 is 0 Å². The molecule has 2 amide bonds. The standard InChI is InChI=1S/C18H22N4O3/c23-13-14-5-9-21(10-6-14)18(25)17(24)20-16-4-1-3-15(11-16)12-22-8-2-7-19-22/h1-4,7-8,11,14,23H,5-6,9-10,12-13H2,(H,20,24). The van der Waals surface area contributed by atoms with Crippen LogP contribution in [0.15, 0.2) is 42.7 Å². The van der Waals surface area contributed by atoms with Gasteiger partial charge in [-0.1, -0.05) is 12.1 Å². The molecule has 1 fully saturated rings. The summed E-state index contributed by atoms with van der Waals surface area (Å²) in [4.78, 5) is 26.0. The summed E-state index contributed by atoms with van der Waals surface area (Å²) in [6, 6.07) is 9.23. The van der Waals surface area contributed by atoms with Gasteiger partial charge in [-0.15, -0.1) is 0 Å². The maximum absolute atomic E-state index is 12.3. The molecule has 0 spiro atoms. The molecule has 25 heavy (non-hydrogen) atoms. The normalized spacial score (nSPS) is 15.2. The van der Waals surface area contributed by atoms with Crippen molar-refractivity contribution in [1.82, 2.24) is 14.7 Å². The van der Waals surface area contributed by atoms with Gasteiger partial charge in [-0.2, -0.15) is 5.10 Å². The first kappa shape index (κ1) is 17.2. The van der Waals surface area contributed by atoms with E-state index in [9.17, 15) is 9.59 Å². The third-order valence-electron chi connectivity index (χ3n) is 4.44. The van der Waals surface area contributed by atoms with E-state index in [1.165, 1.54) is 0 Å². The van der Waals surface area contributed by atoms with Crippen LogP contribution in [0.5, 0.6) is 0 Å². The maximum atomic E-state index is 12.3. The molecule has 2 heterocycles. The molecule has 0 saturated carbocycles. The zero-order valence-electron chi connectivity index (χ0n) is 14.0. The zero-order chi connectivity index (χ0) is 17.6. The van der Waals surface area contributed by atoms with Crippen LogP contribution in [0.25, 0.3) is 0 Å². The van der Waals surface area contributed by atoms with Crippen LogP contribution in [-0.4, -0.2) is 51.3 Å². The molecule has 2 aromatic rings. The lowest BCUT2D eigenvalue weighted by Crippen LogP contribution is -2.44. The Balaban J connectivity index is 1.58. The highest BCUT2D eigenvalue weighted by Crippen LogP contribution is 2.17. The van der Waals surface area contributed by atoms with Gasteiger partial charge < -0.3 is 15.3 Å². The molecule has 0 aliphatic carbocycles. The SMILES string of the molecule is O=C(Nc1cccc(Cn2cccn2)c1)C(=O)N1CCC(CO)CC1. The lowest BCUT2D eigenvalue weighted by atomic mass is 9.98. The molecule has 1 aromatic carbocycles. The van der Waals surface area contributed by atoms with Gasteiger partial charge in [0.1, 0.15) is 0 Å². The number of aromatic nitrogens is 2. The van der Waals surface area contributed by atoms with Crippen LogP contribution in [0.1, 0.15) is 18.4 Å². The van der Waals surface area contributed by atoms with Crippen LogP contribution in [0.2, 0.25) is 0 Å². The average molecular weight is 342 g/mol. The molecule has 0 bridgehead atoms. The summed E-state index contributed by atoms with van der Waals surface area (Å²) < 4.78 is 1.79. The lowest BCUT2D eigenvalue weighted by Gasteiger charge is -2.30. The second-order valence-electron chi connectivity index (χ2n) is 6.28. The van der Waals surface area contributed by atoms with Crippen LogP contribution in [-0.2, 0) is 16.1 Å². The van der Waals surface area contributed by atoms with Crippen molar-refractivity contribution < 1.29 is 14.7 Å². The van der Waals surface area contributed by atoms with Crippen LogP contribution in [0, 0.1) is 5.92 Å². The average Bonchev–Trinajstić information content (AvgIpc) is 3.14. The summed E-state index contributed by atoms with van der Waals surface area (Å²) in [6.45, 7) is 1.75. The number of nitrogens with zero attached hydrogens (tertiary/aromatic N) is 3.